The summed E-state index contributed by atoms with van der Waals surface area (Å²) in [5.41, 5.74) is 0.544. The summed E-state index contributed by atoms with van der Waals surface area (Å²) in [7, 11) is -1.90. The van der Waals surface area contributed by atoms with E-state index < -0.39 is 9.84 Å². The second-order valence-corrected chi connectivity index (χ2v) is 9.92. The minimum atomic E-state index is -3.37. The summed E-state index contributed by atoms with van der Waals surface area (Å²) in [4.78, 5) is 17.4. The highest BCUT2D eigenvalue weighted by molar-refractivity contribution is 7.91. The number of likely N-dealkylation sites (tertiary alicyclic amines) is 1. The van der Waals surface area contributed by atoms with Gasteiger partial charge in [-0.15, -0.1) is 0 Å². The molecule has 0 atom stereocenters. The Morgan fingerprint density at radius 3 is 2.38 bits per heavy atom. The molecule has 0 spiro atoms. The third-order valence-electron chi connectivity index (χ3n) is 5.88. The van der Waals surface area contributed by atoms with Crippen LogP contribution in [0.4, 0.5) is 0 Å². The number of amides is 1. The molecule has 1 aromatic carbocycles. The number of ether oxygens (including phenoxy) is 2. The van der Waals surface area contributed by atoms with Crippen molar-refractivity contribution in [2.75, 3.05) is 65.4 Å². The van der Waals surface area contributed by atoms with E-state index in [1.807, 2.05) is 4.90 Å². The summed E-state index contributed by atoms with van der Waals surface area (Å²) in [6, 6.07) is 6.28. The first-order valence-corrected chi connectivity index (χ1v) is 12.1. The number of hydrogen-bond donors (Lipinski definition) is 0. The number of carbonyl (C=O) groups is 1. The summed E-state index contributed by atoms with van der Waals surface area (Å²) in [6.45, 7) is 6.51. The number of morpholine rings is 1. The zero-order valence-corrected chi connectivity index (χ0v) is 18.0. The summed E-state index contributed by atoms with van der Waals surface area (Å²) in [5, 5.41) is 0. The zero-order chi connectivity index (χ0) is 20.7. The van der Waals surface area contributed by atoms with Gasteiger partial charge in [-0.1, -0.05) is 0 Å². The summed E-state index contributed by atoms with van der Waals surface area (Å²) in [6.07, 6.45) is 3.23. The second-order valence-electron chi connectivity index (χ2n) is 7.81. The van der Waals surface area contributed by atoms with E-state index in [-0.39, 0.29) is 23.2 Å². The standard InChI is InChI=1S/C21H32N2O5S/c1-27-16-17-29(25,26)20-4-2-19(3-5-20)21(24)23-10-7-18(8-11-23)6-9-22-12-14-28-15-13-22/h2-5,18H,6-17H2,1H3. The van der Waals surface area contributed by atoms with Crippen LogP contribution >= 0.6 is 0 Å². The predicted molar refractivity (Wildman–Crippen MR) is 111 cm³/mol. The molecule has 0 aromatic heterocycles. The molecule has 29 heavy (non-hydrogen) atoms. The van der Waals surface area contributed by atoms with Gasteiger partial charge in [-0.05, 0) is 56.0 Å². The van der Waals surface area contributed by atoms with Crippen LogP contribution in [-0.4, -0.2) is 89.5 Å². The van der Waals surface area contributed by atoms with Gasteiger partial charge in [0.15, 0.2) is 9.84 Å². The molecular formula is C21H32N2O5S. The van der Waals surface area contributed by atoms with Gasteiger partial charge >= 0.3 is 0 Å². The van der Waals surface area contributed by atoms with Gasteiger partial charge in [-0.3, -0.25) is 9.69 Å². The summed E-state index contributed by atoms with van der Waals surface area (Å²) >= 11 is 0. The Hall–Kier alpha value is -1.48. The van der Waals surface area contributed by atoms with Crippen molar-refractivity contribution in [3.63, 3.8) is 0 Å². The van der Waals surface area contributed by atoms with Crippen LogP contribution in [0.2, 0.25) is 0 Å². The van der Waals surface area contributed by atoms with Gasteiger partial charge in [0, 0.05) is 38.9 Å². The number of sulfone groups is 1. The Morgan fingerprint density at radius 2 is 1.76 bits per heavy atom. The van der Waals surface area contributed by atoms with Gasteiger partial charge in [0.1, 0.15) is 0 Å². The molecule has 0 unspecified atom stereocenters. The lowest BCUT2D eigenvalue weighted by atomic mass is 9.93. The van der Waals surface area contributed by atoms with Gasteiger partial charge in [0.05, 0.1) is 30.5 Å². The van der Waals surface area contributed by atoms with Crippen LogP contribution in [0.25, 0.3) is 0 Å². The Bertz CT molecular complexity index is 752. The normalized spacial score (nSPS) is 19.4. The maximum absolute atomic E-state index is 12.8. The smallest absolute Gasteiger partial charge is 0.253 e. The molecule has 2 aliphatic rings. The molecule has 0 bridgehead atoms. The van der Waals surface area contributed by atoms with Crippen molar-refractivity contribution in [2.24, 2.45) is 5.92 Å². The fourth-order valence-corrected chi connectivity index (χ4v) is 5.09. The SMILES string of the molecule is COCCS(=O)(=O)c1ccc(C(=O)N2CCC(CCN3CCOCC3)CC2)cc1. The Morgan fingerprint density at radius 1 is 1.10 bits per heavy atom. The number of hydrogen-bond acceptors (Lipinski definition) is 6. The average molecular weight is 425 g/mol. The third kappa shape index (κ3) is 6.25. The van der Waals surface area contributed by atoms with Crippen molar-refractivity contribution >= 4 is 15.7 Å². The molecule has 2 saturated heterocycles. The molecule has 2 aliphatic heterocycles. The fourth-order valence-electron chi connectivity index (χ4n) is 3.91. The predicted octanol–water partition coefficient (Wildman–Crippen LogP) is 1.68. The Balaban J connectivity index is 1.47. The molecule has 0 N–H and O–H groups in total. The van der Waals surface area contributed by atoms with Gasteiger partial charge in [0.2, 0.25) is 0 Å². The Kier molecular flexibility index (Phi) is 8.06. The van der Waals surface area contributed by atoms with Crippen molar-refractivity contribution in [3.05, 3.63) is 29.8 Å². The van der Waals surface area contributed by atoms with Crippen LogP contribution in [0, 0.1) is 5.92 Å². The topological polar surface area (TPSA) is 76.2 Å². The van der Waals surface area contributed by atoms with Crippen LogP contribution in [0.3, 0.4) is 0 Å². The average Bonchev–Trinajstić information content (AvgIpc) is 2.77. The second kappa shape index (κ2) is 10.5. The number of benzene rings is 1. The summed E-state index contributed by atoms with van der Waals surface area (Å²) < 4.78 is 34.6. The fraction of sp³-hybridized carbons (Fsp3) is 0.667. The molecule has 7 nitrogen and oxygen atoms in total. The third-order valence-corrected chi connectivity index (χ3v) is 7.57. The van der Waals surface area contributed by atoms with Crippen molar-refractivity contribution in [2.45, 2.75) is 24.2 Å². The van der Waals surface area contributed by atoms with E-state index >= 15 is 0 Å². The van der Waals surface area contributed by atoms with E-state index in [4.69, 9.17) is 9.47 Å². The molecule has 2 fully saturated rings. The van der Waals surface area contributed by atoms with Crippen molar-refractivity contribution in [3.8, 4) is 0 Å². The number of nitrogens with zero attached hydrogens (tertiary/aromatic N) is 2. The van der Waals surface area contributed by atoms with Crippen LogP contribution in [0.5, 0.6) is 0 Å². The van der Waals surface area contributed by atoms with Crippen LogP contribution in [0.1, 0.15) is 29.6 Å². The van der Waals surface area contributed by atoms with Gasteiger partial charge < -0.3 is 14.4 Å². The van der Waals surface area contributed by atoms with E-state index in [1.54, 1.807) is 12.1 Å². The lowest BCUT2D eigenvalue weighted by Gasteiger charge is -2.34. The van der Waals surface area contributed by atoms with Crippen molar-refractivity contribution in [1.29, 1.82) is 0 Å². The molecule has 1 aromatic rings. The quantitative estimate of drug-likeness (QED) is 0.632. The minimum absolute atomic E-state index is 0.0162. The maximum Gasteiger partial charge on any atom is 0.253 e. The molecule has 8 heteroatoms. The molecule has 162 valence electrons. The van der Waals surface area contributed by atoms with Crippen LogP contribution < -0.4 is 0 Å². The highest BCUT2D eigenvalue weighted by Gasteiger charge is 2.25. The van der Waals surface area contributed by atoms with Gasteiger partial charge in [-0.25, -0.2) is 8.42 Å². The number of piperidine rings is 1. The summed E-state index contributed by atoms with van der Waals surface area (Å²) in [5.74, 6) is 0.585. The van der Waals surface area contributed by atoms with E-state index in [0.717, 1.165) is 58.8 Å². The largest absolute Gasteiger partial charge is 0.384 e. The lowest BCUT2D eigenvalue weighted by Crippen LogP contribution is -2.40. The molecule has 0 saturated carbocycles. The first kappa shape index (κ1) is 22.2. The van der Waals surface area contributed by atoms with E-state index in [0.29, 0.717) is 11.5 Å². The monoisotopic (exact) mass is 424 g/mol. The maximum atomic E-state index is 12.8. The molecule has 0 aliphatic carbocycles. The first-order valence-electron chi connectivity index (χ1n) is 10.4. The van der Waals surface area contributed by atoms with E-state index in [9.17, 15) is 13.2 Å². The van der Waals surface area contributed by atoms with Crippen LogP contribution in [0.15, 0.2) is 29.2 Å². The lowest BCUT2D eigenvalue weighted by molar-refractivity contribution is 0.0332. The number of methoxy groups -OCH3 is 1. The molecule has 0 radical (unpaired) electrons. The van der Waals surface area contributed by atoms with Crippen molar-refractivity contribution in [1.82, 2.24) is 9.80 Å². The number of rotatable bonds is 8. The van der Waals surface area contributed by atoms with Gasteiger partial charge in [0.25, 0.3) is 5.91 Å². The van der Waals surface area contributed by atoms with Crippen LogP contribution in [-0.2, 0) is 19.3 Å². The van der Waals surface area contributed by atoms with E-state index in [2.05, 4.69) is 4.90 Å². The van der Waals surface area contributed by atoms with E-state index in [1.165, 1.54) is 25.7 Å². The highest BCUT2D eigenvalue weighted by atomic mass is 32.2. The zero-order valence-electron chi connectivity index (χ0n) is 17.2. The first-order chi connectivity index (χ1) is 14.0. The van der Waals surface area contributed by atoms with Gasteiger partial charge in [-0.2, -0.15) is 0 Å². The minimum Gasteiger partial charge on any atom is -0.384 e. The number of carbonyl (C=O) groups excluding carboxylic acids is 1. The molecule has 2 heterocycles. The highest BCUT2D eigenvalue weighted by Crippen LogP contribution is 2.23. The Labute approximate surface area is 173 Å². The molecular weight excluding hydrogens is 392 g/mol. The van der Waals surface area contributed by atoms with Crippen molar-refractivity contribution < 1.29 is 22.7 Å². The molecule has 1 amide bonds. The molecule has 3 rings (SSSR count).